The number of nitrogens with zero attached hydrogens (tertiary/aromatic N) is 6. The molecule has 2 aromatic rings. The predicted octanol–water partition coefficient (Wildman–Crippen LogP) is 5.57. The topological polar surface area (TPSA) is 476 Å². The van der Waals surface area contributed by atoms with Crippen LogP contribution in [-0.2, 0) is 57.3 Å². The Bertz CT molecular complexity index is 2310. The molecule has 0 aliphatic carbocycles. The Morgan fingerprint density at radius 1 is 0.302 bits per heavy atom. The fraction of sp³-hybridized carbons (Fsp3) is 0.676. The van der Waals surface area contributed by atoms with Crippen LogP contribution in [0.1, 0.15) is 225 Å². The number of hydrogen-bond donors (Lipinski definition) is 14. The molecule has 614 valence electrons. The van der Waals surface area contributed by atoms with E-state index in [9.17, 15) is 99.6 Å². The number of aliphatic carboxylic acids is 2. The number of hydrogen-bond acceptors (Lipinski definition) is 30. The van der Waals surface area contributed by atoms with Crippen molar-refractivity contribution in [3.8, 4) is 0 Å². The largest absolute Gasteiger partial charge is 0.478 e. The summed E-state index contributed by atoms with van der Waals surface area (Å²) in [4.78, 5) is 105. The van der Waals surface area contributed by atoms with E-state index in [0.717, 1.165) is 116 Å². The van der Waals surface area contributed by atoms with Crippen molar-refractivity contribution in [3.05, 3.63) is 96.1 Å². The molecule has 32 heteroatoms. The van der Waals surface area contributed by atoms with Crippen molar-refractivity contribution in [2.75, 3.05) is 39.3 Å². The van der Waals surface area contributed by atoms with E-state index in [1.807, 2.05) is 0 Å². The SMILES string of the molecule is CCCCN(C(C)O)C(C)O.CCCCN(C(C)O)C(C)O.CCCCN(C(C)O)C(C)O.CCCCN(C(C)O)C(C)O.CCCCN(C(C)O)C(C)O.CCCCN(C(C)O)C(C)O.O=C(O)/C=C/C(=O)OC(=O)C(OC(=O)C(=O)OC(C(=O)OC(=O)/C=C/C(=O)O)c1ccccc1)c1ccccc1. The molecule has 0 aliphatic rings. The van der Waals surface area contributed by atoms with Crippen LogP contribution in [0.25, 0.3) is 0 Å². The molecule has 0 spiro atoms. The summed E-state index contributed by atoms with van der Waals surface area (Å²) in [6.07, 6.45) is 3.49. The molecule has 0 amide bonds. The summed E-state index contributed by atoms with van der Waals surface area (Å²) in [7, 11) is 0. The van der Waals surface area contributed by atoms with E-state index in [2.05, 4.69) is 51.0 Å². The number of aliphatic hydroxyl groups is 12. The third-order valence-electron chi connectivity index (χ3n) is 14.8. The van der Waals surface area contributed by atoms with E-state index in [1.54, 1.807) is 112 Å². The Labute approximate surface area is 627 Å². The van der Waals surface area contributed by atoms with Gasteiger partial charge in [-0.15, -0.1) is 0 Å². The smallest absolute Gasteiger partial charge is 0.418 e. The fourth-order valence-electron chi connectivity index (χ4n) is 8.88. The number of carbonyl (C=O) groups is 8. The summed E-state index contributed by atoms with van der Waals surface area (Å²) in [5.74, 6) is -12.5. The van der Waals surface area contributed by atoms with E-state index >= 15 is 0 Å². The van der Waals surface area contributed by atoms with Crippen LogP contribution in [0.4, 0.5) is 0 Å². The van der Waals surface area contributed by atoms with E-state index in [0.29, 0.717) is 24.3 Å². The standard InChI is InChI=1S/C26H18O14.6C8H19NO2/c27-17(28)11-13-19(31)37-23(33)21(15-7-3-1-4-8-15)39-25(35)26(36)40-22(16-9-5-2-6-10-16)24(34)38-20(32)14-12-18(29)30;6*1-4-5-6-9(7(2)10)8(3)11/h1-14,21-22H,(H,27,28)(H,29,30);6*7-8,10-11H,4-6H2,1-3H3/b13-11+,14-12+;;;;;;. The fourth-order valence-corrected chi connectivity index (χ4v) is 8.88. The second-order valence-electron chi connectivity index (χ2n) is 24.3. The number of rotatable bonds is 40. The highest BCUT2D eigenvalue weighted by Crippen LogP contribution is 2.23. The quantitative estimate of drug-likeness (QED) is 0.00968. The average Bonchev–Trinajstić information content (AvgIpc) is 0.840. The highest BCUT2D eigenvalue weighted by molar-refractivity contribution is 6.30. The minimum atomic E-state index is -2.01. The molecule has 14 unspecified atom stereocenters. The number of aliphatic hydroxyl groups excluding tert-OH is 12. The molecule has 2 aromatic carbocycles. The van der Waals surface area contributed by atoms with Crippen LogP contribution in [0.5, 0.6) is 0 Å². The summed E-state index contributed by atoms with van der Waals surface area (Å²) >= 11 is 0. The molecular formula is C74H132N6O26. The number of benzene rings is 2. The lowest BCUT2D eigenvalue weighted by Gasteiger charge is -2.27. The number of carbonyl (C=O) groups excluding carboxylic acids is 6. The maximum absolute atomic E-state index is 12.5. The Kier molecular flexibility index (Phi) is 66.7. The highest BCUT2D eigenvalue weighted by Gasteiger charge is 2.36. The van der Waals surface area contributed by atoms with E-state index in [4.69, 9.17) is 19.7 Å². The van der Waals surface area contributed by atoms with Gasteiger partial charge in [-0.1, -0.05) is 141 Å². The number of carboxylic acids is 2. The predicted molar refractivity (Wildman–Crippen MR) is 396 cm³/mol. The van der Waals surface area contributed by atoms with Gasteiger partial charge in [0.15, 0.2) is 0 Å². The number of esters is 6. The molecular weight excluding hydrogens is 1390 g/mol. The minimum absolute atomic E-state index is 0.0569. The molecule has 0 aliphatic heterocycles. The van der Waals surface area contributed by atoms with E-state index < -0.39 is 135 Å². The lowest BCUT2D eigenvalue weighted by molar-refractivity contribution is -0.185. The second kappa shape index (κ2) is 65.4. The second-order valence-corrected chi connectivity index (χ2v) is 24.3. The Morgan fingerprint density at radius 3 is 0.613 bits per heavy atom. The van der Waals surface area contributed by atoms with Gasteiger partial charge in [0, 0.05) is 74.7 Å². The van der Waals surface area contributed by atoms with Gasteiger partial charge in [0.05, 0.1) is 0 Å². The summed E-state index contributed by atoms with van der Waals surface area (Å²) in [5, 5.41) is 127. The van der Waals surface area contributed by atoms with Crippen LogP contribution in [0.2, 0.25) is 0 Å². The normalized spacial score (nSPS) is 15.1. The molecule has 0 fully saturated rings. The zero-order valence-electron chi connectivity index (χ0n) is 65.7. The van der Waals surface area contributed by atoms with Crippen LogP contribution in [0.3, 0.4) is 0 Å². The van der Waals surface area contributed by atoms with Gasteiger partial charge in [-0.25, -0.2) is 38.4 Å². The van der Waals surface area contributed by atoms with Gasteiger partial charge >= 0.3 is 47.8 Å². The molecule has 14 atom stereocenters. The molecule has 0 saturated carbocycles. The zero-order valence-corrected chi connectivity index (χ0v) is 65.7. The maximum atomic E-state index is 12.5. The average molecular weight is 1520 g/mol. The summed E-state index contributed by atoms with van der Waals surface area (Å²) < 4.78 is 18.7. The van der Waals surface area contributed by atoms with Crippen LogP contribution in [0, 0.1) is 0 Å². The molecule has 106 heavy (non-hydrogen) atoms. The van der Waals surface area contributed by atoms with Gasteiger partial charge in [-0.3, -0.25) is 29.4 Å². The number of unbranched alkanes of at least 4 members (excludes halogenated alkanes) is 6. The molecule has 0 aromatic heterocycles. The Balaban J connectivity index is -0.000000422. The van der Waals surface area contributed by atoms with Gasteiger partial charge in [-0.05, 0) is 122 Å². The summed E-state index contributed by atoms with van der Waals surface area (Å²) in [6.45, 7) is 37.1. The van der Waals surface area contributed by atoms with Crippen molar-refractivity contribution in [2.45, 2.75) is 289 Å². The monoisotopic (exact) mass is 1520 g/mol. The van der Waals surface area contributed by atoms with Crippen LogP contribution >= 0.6 is 0 Å². The van der Waals surface area contributed by atoms with Crippen molar-refractivity contribution in [1.29, 1.82) is 0 Å². The van der Waals surface area contributed by atoms with Crippen molar-refractivity contribution in [2.24, 2.45) is 0 Å². The first-order valence-electron chi connectivity index (χ1n) is 36.1. The minimum Gasteiger partial charge on any atom is -0.478 e. The van der Waals surface area contributed by atoms with Crippen molar-refractivity contribution < 1.29 is 129 Å². The van der Waals surface area contributed by atoms with Gasteiger partial charge in [0.2, 0.25) is 12.2 Å². The lowest BCUT2D eigenvalue weighted by Crippen LogP contribution is -2.40. The van der Waals surface area contributed by atoms with Crippen LogP contribution in [0.15, 0.2) is 85.0 Å². The first-order valence-corrected chi connectivity index (χ1v) is 36.1. The number of ether oxygens (including phenoxy) is 4. The third kappa shape index (κ3) is 55.7. The van der Waals surface area contributed by atoms with Gasteiger partial charge in [0.25, 0.3) is 0 Å². The molecule has 0 saturated heterocycles. The molecule has 0 radical (unpaired) electrons. The molecule has 14 N–H and O–H groups in total. The van der Waals surface area contributed by atoms with Crippen molar-refractivity contribution in [1.82, 2.24) is 29.4 Å². The van der Waals surface area contributed by atoms with E-state index in [1.165, 1.54) is 60.7 Å². The molecule has 0 bridgehead atoms. The van der Waals surface area contributed by atoms with Gasteiger partial charge in [-0.2, -0.15) is 0 Å². The van der Waals surface area contributed by atoms with Crippen molar-refractivity contribution >= 4 is 47.8 Å². The molecule has 32 nitrogen and oxygen atoms in total. The third-order valence-corrected chi connectivity index (χ3v) is 14.8. The van der Waals surface area contributed by atoms with Crippen LogP contribution in [-0.4, -0.2) is 263 Å². The summed E-state index contributed by atoms with van der Waals surface area (Å²) in [5.41, 5.74) is -0.114. The lowest BCUT2D eigenvalue weighted by atomic mass is 10.1. The first-order chi connectivity index (χ1) is 49.5. The number of carboxylic acid groups (broad SMARTS) is 2. The molecule has 2 rings (SSSR count). The maximum Gasteiger partial charge on any atom is 0.418 e. The van der Waals surface area contributed by atoms with Crippen molar-refractivity contribution in [3.63, 3.8) is 0 Å². The Morgan fingerprint density at radius 2 is 0.472 bits per heavy atom. The molecule has 0 heterocycles. The first kappa shape index (κ1) is 108. The van der Waals surface area contributed by atoms with Gasteiger partial charge < -0.3 is 90.4 Å². The van der Waals surface area contributed by atoms with Gasteiger partial charge in [0.1, 0.15) is 74.7 Å². The van der Waals surface area contributed by atoms with Crippen LogP contribution < -0.4 is 0 Å². The Hall–Kier alpha value is -6.64. The zero-order chi connectivity index (χ0) is 82.8. The van der Waals surface area contributed by atoms with E-state index in [-0.39, 0.29) is 11.1 Å². The highest BCUT2D eigenvalue weighted by atomic mass is 16.7. The summed E-state index contributed by atoms with van der Waals surface area (Å²) in [6, 6.07) is 13.9.